The minimum Gasteiger partial charge on any atom is -0.415 e. The van der Waals surface area contributed by atoms with Crippen LogP contribution in [0.3, 0.4) is 0 Å². The van der Waals surface area contributed by atoms with E-state index in [2.05, 4.69) is 20.4 Å². The first-order valence-electron chi connectivity index (χ1n) is 11.7. The highest BCUT2D eigenvalue weighted by atomic mass is 19.3. The summed E-state index contributed by atoms with van der Waals surface area (Å²) in [6.45, 7) is 1.74. The molecule has 2 aliphatic heterocycles. The SMILES string of the molecule is Cc1ccc(NC(=O)C2(c3ccccc3C(C)C)CN(C(=O)CN3C(=O)CNC3=O)C2)c(OC(F)F)n1. The number of urea groups is 1. The zero-order valence-electron chi connectivity index (χ0n) is 20.6. The van der Waals surface area contributed by atoms with Gasteiger partial charge in [0, 0.05) is 18.8 Å². The van der Waals surface area contributed by atoms with Gasteiger partial charge in [-0.1, -0.05) is 38.1 Å². The van der Waals surface area contributed by atoms with Crippen molar-refractivity contribution in [2.75, 3.05) is 31.5 Å². The smallest absolute Gasteiger partial charge is 0.388 e. The highest BCUT2D eigenvalue weighted by molar-refractivity contribution is 6.06. The standard InChI is InChI=1S/C25H27F2N5O5/c1-14(2)16-6-4-5-7-17(16)25(12-31(13-25)20(34)11-32-19(33)10-28-24(32)36)22(35)30-18-9-8-15(3)29-21(18)37-23(26)27/h4-9,14,23H,10-13H2,1-3H3,(H,28,36)(H,30,35). The molecular weight excluding hydrogens is 488 g/mol. The number of likely N-dealkylation sites (tertiary alicyclic amines) is 1. The van der Waals surface area contributed by atoms with Gasteiger partial charge >= 0.3 is 12.6 Å². The van der Waals surface area contributed by atoms with E-state index < -0.39 is 48.2 Å². The van der Waals surface area contributed by atoms with Crippen LogP contribution < -0.4 is 15.4 Å². The Labute approximate surface area is 212 Å². The highest BCUT2D eigenvalue weighted by Crippen LogP contribution is 2.40. The van der Waals surface area contributed by atoms with Crippen molar-refractivity contribution < 1.29 is 32.7 Å². The number of hydrogen-bond acceptors (Lipinski definition) is 6. The van der Waals surface area contributed by atoms with E-state index in [1.165, 1.54) is 11.0 Å². The van der Waals surface area contributed by atoms with Crippen LogP contribution in [0, 0.1) is 6.92 Å². The summed E-state index contributed by atoms with van der Waals surface area (Å²) in [5, 5.41) is 5.03. The molecule has 0 bridgehead atoms. The summed E-state index contributed by atoms with van der Waals surface area (Å²) in [6, 6.07) is 9.67. The van der Waals surface area contributed by atoms with Crippen LogP contribution in [0.15, 0.2) is 36.4 Å². The molecule has 37 heavy (non-hydrogen) atoms. The molecule has 0 unspecified atom stereocenters. The van der Waals surface area contributed by atoms with Crippen LogP contribution in [0.4, 0.5) is 19.3 Å². The molecule has 0 spiro atoms. The second-order valence-corrected chi connectivity index (χ2v) is 9.35. The second-order valence-electron chi connectivity index (χ2n) is 9.35. The maximum Gasteiger partial charge on any atom is 0.388 e. The van der Waals surface area contributed by atoms with Gasteiger partial charge in [-0.3, -0.25) is 19.3 Å². The maximum absolute atomic E-state index is 13.8. The van der Waals surface area contributed by atoms with E-state index in [-0.39, 0.29) is 31.2 Å². The fourth-order valence-corrected chi connectivity index (χ4v) is 4.55. The first-order chi connectivity index (χ1) is 17.5. The van der Waals surface area contributed by atoms with Gasteiger partial charge in [0.2, 0.25) is 17.7 Å². The third kappa shape index (κ3) is 5.09. The minimum absolute atomic E-state index is 0.0265. The van der Waals surface area contributed by atoms with Crippen LogP contribution in [0.1, 0.15) is 36.6 Å². The van der Waals surface area contributed by atoms with Gasteiger partial charge in [0.15, 0.2) is 0 Å². The topological polar surface area (TPSA) is 121 Å². The summed E-state index contributed by atoms with van der Waals surface area (Å²) in [5.41, 5.74) is 0.777. The molecule has 4 rings (SSSR count). The summed E-state index contributed by atoms with van der Waals surface area (Å²) < 4.78 is 30.5. The number of aryl methyl sites for hydroxylation is 1. The number of nitrogens with zero attached hydrogens (tertiary/aromatic N) is 3. The Morgan fingerprint density at radius 2 is 1.86 bits per heavy atom. The number of halogens is 2. The Kier molecular flexibility index (Phi) is 7.10. The van der Waals surface area contributed by atoms with Crippen molar-refractivity contribution in [1.82, 2.24) is 20.1 Å². The molecule has 1 aromatic heterocycles. The molecule has 0 saturated carbocycles. The van der Waals surface area contributed by atoms with E-state index in [0.29, 0.717) is 11.3 Å². The molecular formula is C25H27F2N5O5. The minimum atomic E-state index is -3.14. The predicted molar refractivity (Wildman–Crippen MR) is 128 cm³/mol. The van der Waals surface area contributed by atoms with Crippen LogP contribution in [0.5, 0.6) is 5.88 Å². The van der Waals surface area contributed by atoms with Crippen molar-refractivity contribution in [3.8, 4) is 5.88 Å². The number of rotatable bonds is 8. The number of benzene rings is 1. The van der Waals surface area contributed by atoms with E-state index in [1.807, 2.05) is 26.0 Å². The second kappa shape index (κ2) is 10.1. The summed E-state index contributed by atoms with van der Waals surface area (Å²) >= 11 is 0. The number of carbonyl (C=O) groups excluding carboxylic acids is 4. The molecule has 1 aromatic carbocycles. The average molecular weight is 516 g/mol. The lowest BCUT2D eigenvalue weighted by atomic mass is 9.69. The summed E-state index contributed by atoms with van der Waals surface area (Å²) in [7, 11) is 0. The quantitative estimate of drug-likeness (QED) is 0.521. The number of alkyl halides is 2. The zero-order valence-corrected chi connectivity index (χ0v) is 20.6. The molecule has 12 heteroatoms. The van der Waals surface area contributed by atoms with Gasteiger partial charge in [0.25, 0.3) is 5.91 Å². The van der Waals surface area contributed by atoms with Crippen LogP contribution in [-0.2, 0) is 19.8 Å². The van der Waals surface area contributed by atoms with E-state index in [1.54, 1.807) is 25.1 Å². The predicted octanol–water partition coefficient (Wildman–Crippen LogP) is 2.39. The number of carbonyl (C=O) groups is 4. The summed E-state index contributed by atoms with van der Waals surface area (Å²) in [6.07, 6.45) is 0. The lowest BCUT2D eigenvalue weighted by Gasteiger charge is -2.50. The number of aromatic nitrogens is 1. The van der Waals surface area contributed by atoms with Gasteiger partial charge in [-0.05, 0) is 36.1 Å². The molecule has 2 saturated heterocycles. The van der Waals surface area contributed by atoms with Gasteiger partial charge < -0.3 is 20.3 Å². The first-order valence-corrected chi connectivity index (χ1v) is 11.7. The Hall–Kier alpha value is -4.09. The van der Waals surface area contributed by atoms with Crippen molar-refractivity contribution in [2.24, 2.45) is 0 Å². The molecule has 0 aliphatic carbocycles. The number of amides is 5. The third-order valence-corrected chi connectivity index (χ3v) is 6.49. The average Bonchev–Trinajstić information content (AvgIpc) is 3.12. The van der Waals surface area contributed by atoms with Crippen molar-refractivity contribution in [1.29, 1.82) is 0 Å². The van der Waals surface area contributed by atoms with Crippen molar-refractivity contribution in [3.05, 3.63) is 53.2 Å². The number of nitrogens with one attached hydrogen (secondary N) is 2. The van der Waals surface area contributed by atoms with Gasteiger partial charge in [-0.25, -0.2) is 9.78 Å². The monoisotopic (exact) mass is 515 g/mol. The molecule has 0 atom stereocenters. The van der Waals surface area contributed by atoms with Gasteiger partial charge in [-0.15, -0.1) is 0 Å². The molecule has 196 valence electrons. The fraction of sp³-hybridized carbons (Fsp3) is 0.400. The normalized spacial score (nSPS) is 16.6. The lowest BCUT2D eigenvalue weighted by molar-refractivity contribution is -0.146. The summed E-state index contributed by atoms with van der Waals surface area (Å²) in [5.74, 6) is -1.89. The van der Waals surface area contributed by atoms with E-state index >= 15 is 0 Å². The van der Waals surface area contributed by atoms with Crippen molar-refractivity contribution >= 4 is 29.4 Å². The van der Waals surface area contributed by atoms with Gasteiger partial charge in [0.1, 0.15) is 17.6 Å². The molecule has 2 N–H and O–H groups in total. The van der Waals surface area contributed by atoms with E-state index in [0.717, 1.165) is 10.5 Å². The molecule has 3 heterocycles. The molecule has 0 radical (unpaired) electrons. The van der Waals surface area contributed by atoms with Crippen LogP contribution in [0.2, 0.25) is 0 Å². The maximum atomic E-state index is 13.8. The summed E-state index contributed by atoms with van der Waals surface area (Å²) in [4.78, 5) is 56.6. The third-order valence-electron chi connectivity index (χ3n) is 6.49. The largest absolute Gasteiger partial charge is 0.415 e. The van der Waals surface area contributed by atoms with E-state index in [9.17, 15) is 28.0 Å². The Morgan fingerprint density at radius 1 is 1.16 bits per heavy atom. The Balaban J connectivity index is 1.63. The van der Waals surface area contributed by atoms with Crippen LogP contribution in [0.25, 0.3) is 0 Å². The van der Waals surface area contributed by atoms with Gasteiger partial charge in [0.05, 0.1) is 6.54 Å². The zero-order chi connectivity index (χ0) is 26.9. The van der Waals surface area contributed by atoms with Crippen molar-refractivity contribution in [2.45, 2.75) is 38.7 Å². The molecule has 2 fully saturated rings. The molecule has 10 nitrogen and oxygen atoms in total. The number of imide groups is 1. The first kappa shape index (κ1) is 26.0. The number of pyridine rings is 1. The molecule has 2 aromatic rings. The fourth-order valence-electron chi connectivity index (χ4n) is 4.55. The van der Waals surface area contributed by atoms with Crippen molar-refractivity contribution in [3.63, 3.8) is 0 Å². The number of ether oxygens (including phenoxy) is 1. The Bertz CT molecular complexity index is 1230. The highest BCUT2D eigenvalue weighted by Gasteiger charge is 2.54. The lowest BCUT2D eigenvalue weighted by Crippen LogP contribution is -2.67. The molecule has 2 aliphatic rings. The van der Waals surface area contributed by atoms with Crippen LogP contribution >= 0.6 is 0 Å². The number of hydrogen-bond donors (Lipinski definition) is 2. The van der Waals surface area contributed by atoms with E-state index in [4.69, 9.17) is 0 Å². The van der Waals surface area contributed by atoms with Crippen LogP contribution in [-0.4, -0.2) is 71.3 Å². The molecule has 5 amide bonds. The number of anilines is 1. The van der Waals surface area contributed by atoms with Gasteiger partial charge in [-0.2, -0.15) is 8.78 Å². The Morgan fingerprint density at radius 3 is 2.49 bits per heavy atom.